The summed E-state index contributed by atoms with van der Waals surface area (Å²) in [5, 5.41) is 2.71. The highest BCUT2D eigenvalue weighted by molar-refractivity contribution is 7.92. The van der Waals surface area contributed by atoms with Gasteiger partial charge in [-0.1, -0.05) is 18.2 Å². The molecule has 1 N–H and O–H groups in total. The van der Waals surface area contributed by atoms with E-state index in [4.69, 9.17) is 18.9 Å². The van der Waals surface area contributed by atoms with Crippen LogP contribution in [-0.2, 0) is 26.1 Å². The second kappa shape index (κ2) is 10.8. The van der Waals surface area contributed by atoms with Gasteiger partial charge in [0.05, 0.1) is 23.3 Å². The number of nitrogens with one attached hydrogen (secondary N) is 1. The topological polar surface area (TPSA) is 120 Å². The minimum Gasteiger partial charge on any atom is -0.495 e. The molecular weight excluding hydrogens is 500 g/mol. The van der Waals surface area contributed by atoms with Gasteiger partial charge in [-0.3, -0.25) is 9.10 Å². The first-order valence-electron chi connectivity index (χ1n) is 11.3. The second-order valence-corrected chi connectivity index (χ2v) is 10.1. The number of fused-ring (bicyclic) bond motifs is 1. The summed E-state index contributed by atoms with van der Waals surface area (Å²) < 4.78 is 48.4. The van der Waals surface area contributed by atoms with Crippen LogP contribution in [-0.4, -0.2) is 47.3 Å². The van der Waals surface area contributed by atoms with E-state index in [-0.39, 0.29) is 23.8 Å². The predicted octanol–water partition coefficient (Wildman–Crippen LogP) is 3.11. The maximum absolute atomic E-state index is 13.1. The van der Waals surface area contributed by atoms with Crippen LogP contribution in [0.25, 0.3) is 0 Å². The SMILES string of the molecule is COc1ccccc1N(C)S(=O)(=O)c1ccc(C(=O)O[C@@H](C)C(=O)NCc2ccc3c(c2)OCO3)cc1. The normalized spacial score (nSPS) is 12.9. The Labute approximate surface area is 214 Å². The highest BCUT2D eigenvalue weighted by atomic mass is 32.2. The third-order valence-corrected chi connectivity index (χ3v) is 7.52. The van der Waals surface area contributed by atoms with Crippen LogP contribution in [0.2, 0.25) is 0 Å². The fourth-order valence-corrected chi connectivity index (χ4v) is 4.81. The van der Waals surface area contributed by atoms with Crippen molar-refractivity contribution in [3.63, 3.8) is 0 Å². The summed E-state index contributed by atoms with van der Waals surface area (Å²) in [6.07, 6.45) is -1.07. The average molecular weight is 527 g/mol. The van der Waals surface area contributed by atoms with Gasteiger partial charge in [0.1, 0.15) is 5.75 Å². The lowest BCUT2D eigenvalue weighted by Crippen LogP contribution is -2.35. The first-order chi connectivity index (χ1) is 17.7. The van der Waals surface area contributed by atoms with E-state index in [1.165, 1.54) is 45.3 Å². The highest BCUT2D eigenvalue weighted by Gasteiger charge is 2.25. The van der Waals surface area contributed by atoms with Crippen molar-refractivity contribution in [3.8, 4) is 17.2 Å². The average Bonchev–Trinajstić information content (AvgIpc) is 3.39. The molecule has 0 spiro atoms. The molecule has 11 heteroatoms. The maximum Gasteiger partial charge on any atom is 0.338 e. The van der Waals surface area contributed by atoms with Gasteiger partial charge in [0, 0.05) is 13.6 Å². The molecule has 0 fully saturated rings. The zero-order valence-electron chi connectivity index (χ0n) is 20.5. The minimum absolute atomic E-state index is 0.0213. The Morgan fingerprint density at radius 2 is 1.73 bits per heavy atom. The van der Waals surface area contributed by atoms with Gasteiger partial charge in [-0.05, 0) is 61.0 Å². The molecule has 0 unspecified atom stereocenters. The fraction of sp³-hybridized carbons (Fsp3) is 0.231. The van der Waals surface area contributed by atoms with Crippen molar-refractivity contribution in [1.82, 2.24) is 5.32 Å². The summed E-state index contributed by atoms with van der Waals surface area (Å²) in [7, 11) is -1.05. The molecular formula is C26H26N2O8S. The number of benzene rings is 3. The summed E-state index contributed by atoms with van der Waals surface area (Å²) in [6, 6.07) is 17.3. The third kappa shape index (κ3) is 5.61. The molecule has 1 aliphatic heterocycles. The van der Waals surface area contributed by atoms with Crippen LogP contribution in [0.5, 0.6) is 17.2 Å². The molecule has 1 atom stereocenters. The van der Waals surface area contributed by atoms with Gasteiger partial charge < -0.3 is 24.3 Å². The van der Waals surface area contributed by atoms with Crippen LogP contribution in [0, 0.1) is 0 Å². The lowest BCUT2D eigenvalue weighted by molar-refractivity contribution is -0.129. The largest absolute Gasteiger partial charge is 0.495 e. The quantitative estimate of drug-likeness (QED) is 0.423. The molecule has 37 heavy (non-hydrogen) atoms. The van der Waals surface area contributed by atoms with Gasteiger partial charge >= 0.3 is 5.97 Å². The van der Waals surface area contributed by atoms with E-state index in [0.29, 0.717) is 22.9 Å². The number of para-hydroxylation sites is 2. The Kier molecular flexibility index (Phi) is 7.53. The van der Waals surface area contributed by atoms with Crippen LogP contribution < -0.4 is 23.8 Å². The third-order valence-electron chi connectivity index (χ3n) is 5.73. The zero-order chi connectivity index (χ0) is 26.6. The molecule has 4 rings (SSSR count). The van der Waals surface area contributed by atoms with Crippen LogP contribution in [0.3, 0.4) is 0 Å². The number of sulfonamides is 1. The van der Waals surface area contributed by atoms with Gasteiger partial charge in [-0.15, -0.1) is 0 Å². The first kappa shape index (κ1) is 25.8. The van der Waals surface area contributed by atoms with Crippen molar-refractivity contribution in [2.45, 2.75) is 24.5 Å². The molecule has 0 radical (unpaired) electrons. The smallest absolute Gasteiger partial charge is 0.338 e. The number of hydrogen-bond acceptors (Lipinski definition) is 8. The number of ether oxygens (including phenoxy) is 4. The molecule has 0 bridgehead atoms. The van der Waals surface area contributed by atoms with Crippen LogP contribution in [0.4, 0.5) is 5.69 Å². The number of carbonyl (C=O) groups excluding carboxylic acids is 2. The molecule has 3 aromatic carbocycles. The maximum atomic E-state index is 13.1. The number of nitrogens with zero attached hydrogens (tertiary/aromatic N) is 1. The Hall–Kier alpha value is -4.25. The van der Waals surface area contributed by atoms with Crippen LogP contribution >= 0.6 is 0 Å². The number of methoxy groups -OCH3 is 1. The molecule has 0 saturated heterocycles. The molecule has 194 valence electrons. The van der Waals surface area contributed by atoms with Gasteiger partial charge in [0.25, 0.3) is 15.9 Å². The number of esters is 1. The lowest BCUT2D eigenvalue weighted by Gasteiger charge is -2.21. The minimum atomic E-state index is -3.92. The lowest BCUT2D eigenvalue weighted by atomic mass is 10.2. The van der Waals surface area contributed by atoms with E-state index < -0.39 is 28.0 Å². The Morgan fingerprint density at radius 1 is 1.03 bits per heavy atom. The van der Waals surface area contributed by atoms with Crippen molar-refractivity contribution in [2.75, 3.05) is 25.3 Å². The number of carbonyl (C=O) groups is 2. The van der Waals surface area contributed by atoms with E-state index in [1.807, 2.05) is 0 Å². The van der Waals surface area contributed by atoms with Gasteiger partial charge in [0.2, 0.25) is 6.79 Å². The van der Waals surface area contributed by atoms with Crippen molar-refractivity contribution in [1.29, 1.82) is 0 Å². The summed E-state index contributed by atoms with van der Waals surface area (Å²) in [6.45, 7) is 1.82. The van der Waals surface area contributed by atoms with Crippen LogP contribution in [0.1, 0.15) is 22.8 Å². The fourth-order valence-electron chi connectivity index (χ4n) is 3.61. The Morgan fingerprint density at radius 3 is 2.46 bits per heavy atom. The molecule has 0 aliphatic carbocycles. The first-order valence-corrected chi connectivity index (χ1v) is 12.7. The summed E-state index contributed by atoms with van der Waals surface area (Å²) in [5.74, 6) is 0.407. The number of anilines is 1. The molecule has 1 heterocycles. The second-order valence-electron chi connectivity index (χ2n) is 8.12. The van der Waals surface area contributed by atoms with Crippen molar-refractivity contribution < 1.29 is 37.0 Å². The number of rotatable bonds is 9. The van der Waals surface area contributed by atoms with Gasteiger partial charge in [-0.25, -0.2) is 13.2 Å². The number of hydrogen-bond donors (Lipinski definition) is 1. The van der Waals surface area contributed by atoms with Crippen molar-refractivity contribution in [2.24, 2.45) is 0 Å². The number of amides is 1. The molecule has 0 saturated carbocycles. The van der Waals surface area contributed by atoms with Gasteiger partial charge in [-0.2, -0.15) is 0 Å². The van der Waals surface area contributed by atoms with Gasteiger partial charge in [0.15, 0.2) is 17.6 Å². The van der Waals surface area contributed by atoms with Crippen molar-refractivity contribution in [3.05, 3.63) is 77.9 Å². The van der Waals surface area contributed by atoms with Crippen molar-refractivity contribution >= 4 is 27.6 Å². The van der Waals surface area contributed by atoms with E-state index in [1.54, 1.807) is 42.5 Å². The zero-order valence-corrected chi connectivity index (χ0v) is 21.3. The summed E-state index contributed by atoms with van der Waals surface area (Å²) >= 11 is 0. The molecule has 0 aromatic heterocycles. The molecule has 1 aliphatic rings. The molecule has 3 aromatic rings. The highest BCUT2D eigenvalue weighted by Crippen LogP contribution is 2.33. The van der Waals surface area contributed by atoms with E-state index in [0.717, 1.165) is 9.87 Å². The van der Waals surface area contributed by atoms with E-state index in [9.17, 15) is 18.0 Å². The predicted molar refractivity (Wildman–Crippen MR) is 134 cm³/mol. The molecule has 10 nitrogen and oxygen atoms in total. The van der Waals surface area contributed by atoms with Crippen LogP contribution in [0.15, 0.2) is 71.6 Å². The summed E-state index contributed by atoms with van der Waals surface area (Å²) in [5.41, 5.74) is 1.27. The summed E-state index contributed by atoms with van der Waals surface area (Å²) in [4.78, 5) is 25.0. The van der Waals surface area contributed by atoms with E-state index in [2.05, 4.69) is 5.32 Å². The molecule has 1 amide bonds. The monoisotopic (exact) mass is 526 g/mol. The standard InChI is InChI=1S/C26H26N2O8S/c1-17(25(29)27-15-18-8-13-23-24(14-18)35-16-34-23)36-26(30)19-9-11-20(12-10-19)37(31,32)28(2)21-6-4-5-7-22(21)33-3/h4-14,17H,15-16H2,1-3H3,(H,27,29)/t17-/m0/s1. The van der Waals surface area contributed by atoms with E-state index >= 15 is 0 Å². The Balaban J connectivity index is 1.36. The Bertz CT molecular complexity index is 1410.